The fraction of sp³-hybridized carbons (Fsp3) is 0.480. The van der Waals surface area contributed by atoms with Crippen molar-refractivity contribution in [3.63, 3.8) is 0 Å². The van der Waals surface area contributed by atoms with Crippen molar-refractivity contribution in [2.45, 2.75) is 58.2 Å². The summed E-state index contributed by atoms with van der Waals surface area (Å²) in [6.07, 6.45) is 2.63. The molecule has 1 aromatic carbocycles. The van der Waals surface area contributed by atoms with Gasteiger partial charge < -0.3 is 19.5 Å². The zero-order chi connectivity index (χ0) is 23.3. The lowest BCUT2D eigenvalue weighted by molar-refractivity contribution is 0.0200. The number of likely N-dealkylation sites (N-methyl/N-ethyl adjacent to an activating group) is 1. The predicted molar refractivity (Wildman–Crippen MR) is 125 cm³/mol. The number of carbonyl (C=O) groups excluding carboxylic acids is 2. The molecule has 1 saturated carbocycles. The Balaban J connectivity index is 1.35. The molecule has 1 aliphatic heterocycles. The summed E-state index contributed by atoms with van der Waals surface area (Å²) >= 11 is 0. The molecule has 174 valence electrons. The minimum absolute atomic E-state index is 0.0619. The number of aromatic amines is 2. The summed E-state index contributed by atoms with van der Waals surface area (Å²) in [6, 6.07) is 7.93. The van der Waals surface area contributed by atoms with E-state index in [9.17, 15) is 9.59 Å². The van der Waals surface area contributed by atoms with Crippen LogP contribution in [0.2, 0.25) is 0 Å². The molecule has 2 aliphatic rings. The van der Waals surface area contributed by atoms with E-state index < -0.39 is 0 Å². The van der Waals surface area contributed by atoms with Gasteiger partial charge >= 0.3 is 0 Å². The van der Waals surface area contributed by atoms with Crippen molar-refractivity contribution in [3.05, 3.63) is 52.5 Å². The van der Waals surface area contributed by atoms with Crippen molar-refractivity contribution >= 4 is 22.7 Å². The zero-order valence-corrected chi connectivity index (χ0v) is 19.7. The highest BCUT2D eigenvalue weighted by molar-refractivity contribution is 5.99. The number of fused-ring (bicyclic) bond motifs is 2. The number of nitrogens with zero attached hydrogens (tertiary/aromatic N) is 3. The monoisotopic (exact) mass is 449 g/mol. The Morgan fingerprint density at radius 1 is 1.30 bits per heavy atom. The number of ether oxygens (including phenoxy) is 1. The Hall–Kier alpha value is -3.13. The summed E-state index contributed by atoms with van der Waals surface area (Å²) in [7, 11) is 1.83. The summed E-state index contributed by atoms with van der Waals surface area (Å²) in [5.41, 5.74) is 4.57. The number of carbonyl (C=O) groups is 2. The summed E-state index contributed by atoms with van der Waals surface area (Å²) in [4.78, 5) is 33.5. The van der Waals surface area contributed by atoms with Crippen LogP contribution in [0.5, 0.6) is 0 Å². The summed E-state index contributed by atoms with van der Waals surface area (Å²) < 4.78 is 5.82. The number of aromatic nitrogens is 3. The van der Waals surface area contributed by atoms with Gasteiger partial charge in [0.05, 0.1) is 24.8 Å². The summed E-state index contributed by atoms with van der Waals surface area (Å²) in [5.74, 6) is -0.180. The van der Waals surface area contributed by atoms with Crippen LogP contribution in [-0.2, 0) is 17.7 Å². The van der Waals surface area contributed by atoms with Crippen molar-refractivity contribution < 1.29 is 14.3 Å². The average Bonchev–Trinajstić information content (AvgIpc) is 3.27. The number of nitrogens with one attached hydrogen (secondary N) is 2. The topological polar surface area (TPSA) is 94.3 Å². The second-order valence-corrected chi connectivity index (χ2v) is 9.68. The van der Waals surface area contributed by atoms with Crippen molar-refractivity contribution in [3.8, 4) is 0 Å². The number of rotatable bonds is 6. The highest BCUT2D eigenvalue weighted by Crippen LogP contribution is 2.42. The van der Waals surface area contributed by atoms with Crippen molar-refractivity contribution in [1.29, 1.82) is 0 Å². The lowest BCUT2D eigenvalue weighted by Gasteiger charge is -2.30. The number of amides is 2. The Morgan fingerprint density at radius 2 is 2.09 bits per heavy atom. The van der Waals surface area contributed by atoms with Crippen LogP contribution in [0, 0.1) is 6.92 Å². The van der Waals surface area contributed by atoms with Gasteiger partial charge in [-0.3, -0.25) is 14.7 Å². The van der Waals surface area contributed by atoms with Gasteiger partial charge in [0.25, 0.3) is 11.8 Å². The number of para-hydroxylation sites is 1. The van der Waals surface area contributed by atoms with Gasteiger partial charge in [-0.15, -0.1) is 0 Å². The smallest absolute Gasteiger partial charge is 0.274 e. The van der Waals surface area contributed by atoms with E-state index in [-0.39, 0.29) is 23.5 Å². The van der Waals surface area contributed by atoms with Gasteiger partial charge in [-0.25, -0.2) is 0 Å². The molecule has 8 heteroatoms. The maximum absolute atomic E-state index is 13.4. The van der Waals surface area contributed by atoms with Crippen molar-refractivity contribution in [2.75, 3.05) is 20.2 Å². The molecule has 0 atom stereocenters. The molecule has 3 aromatic rings. The van der Waals surface area contributed by atoms with Crippen LogP contribution < -0.4 is 0 Å². The molecule has 2 N–H and O–H groups in total. The van der Waals surface area contributed by atoms with Gasteiger partial charge in [0.2, 0.25) is 0 Å². The lowest BCUT2D eigenvalue weighted by Crippen LogP contribution is -2.43. The second-order valence-electron chi connectivity index (χ2n) is 9.68. The highest BCUT2D eigenvalue weighted by Gasteiger charge is 2.50. The predicted octanol–water partition coefficient (Wildman–Crippen LogP) is 3.43. The zero-order valence-electron chi connectivity index (χ0n) is 19.7. The van der Waals surface area contributed by atoms with Gasteiger partial charge in [-0.1, -0.05) is 18.2 Å². The standard InChI is InChI=1S/C25H31N5O3/c1-15(2)33-14-25(9-10-25)29(4)24(32)22-18-13-30(11-8-19(18)27-28-22)23(31)20-12-17-7-5-6-16(3)21(17)26-20/h5-7,12,15,26H,8-11,13-14H2,1-4H3,(H,27,28). The minimum Gasteiger partial charge on any atom is -0.376 e. The van der Waals surface area contributed by atoms with E-state index in [4.69, 9.17) is 4.74 Å². The quantitative estimate of drug-likeness (QED) is 0.603. The molecule has 8 nitrogen and oxygen atoms in total. The molecule has 0 unspecified atom stereocenters. The van der Waals surface area contributed by atoms with Gasteiger partial charge in [-0.2, -0.15) is 5.10 Å². The molecule has 1 aliphatic carbocycles. The van der Waals surface area contributed by atoms with E-state index in [1.807, 2.05) is 52.1 Å². The Morgan fingerprint density at radius 3 is 2.79 bits per heavy atom. The van der Waals surface area contributed by atoms with Crippen molar-refractivity contribution in [2.24, 2.45) is 0 Å². The van der Waals surface area contributed by atoms with Crippen LogP contribution >= 0.6 is 0 Å². The molecule has 0 bridgehead atoms. The highest BCUT2D eigenvalue weighted by atomic mass is 16.5. The number of H-pyrrole nitrogens is 2. The molecule has 2 amide bonds. The van der Waals surface area contributed by atoms with Crippen LogP contribution in [-0.4, -0.2) is 68.6 Å². The third-order valence-corrected chi connectivity index (χ3v) is 7.05. The van der Waals surface area contributed by atoms with Crippen LogP contribution in [0.25, 0.3) is 10.9 Å². The third-order valence-electron chi connectivity index (χ3n) is 7.05. The first-order chi connectivity index (χ1) is 15.8. The van der Waals surface area contributed by atoms with Gasteiger partial charge in [0, 0.05) is 42.2 Å². The van der Waals surface area contributed by atoms with E-state index in [2.05, 4.69) is 15.2 Å². The number of hydrogen-bond donors (Lipinski definition) is 2. The van der Waals surface area contributed by atoms with Gasteiger partial charge in [0.15, 0.2) is 5.69 Å². The number of aryl methyl sites for hydroxylation is 1. The van der Waals surface area contributed by atoms with E-state index >= 15 is 0 Å². The molecule has 33 heavy (non-hydrogen) atoms. The Kier molecular flexibility index (Phi) is 5.28. The van der Waals surface area contributed by atoms with Crippen molar-refractivity contribution in [1.82, 2.24) is 25.0 Å². The average molecular weight is 450 g/mol. The molecule has 2 aromatic heterocycles. The van der Waals surface area contributed by atoms with Crippen LogP contribution in [0.15, 0.2) is 24.3 Å². The molecule has 0 radical (unpaired) electrons. The SMILES string of the molecule is Cc1cccc2cc(C(=O)N3CCc4[nH]nc(C(=O)N(C)C5(COC(C)C)CC5)c4C3)[nH]c12. The number of benzene rings is 1. The van der Waals surface area contributed by atoms with Gasteiger partial charge in [0.1, 0.15) is 5.69 Å². The minimum atomic E-state index is -0.250. The first-order valence-electron chi connectivity index (χ1n) is 11.6. The normalized spacial score (nSPS) is 16.8. The Bertz CT molecular complexity index is 1220. The van der Waals surface area contributed by atoms with E-state index in [1.54, 1.807) is 9.80 Å². The molecule has 1 fully saturated rings. The first kappa shape index (κ1) is 21.7. The molecular weight excluding hydrogens is 418 g/mol. The largest absolute Gasteiger partial charge is 0.376 e. The van der Waals surface area contributed by atoms with E-state index in [0.717, 1.165) is 40.6 Å². The molecule has 0 spiro atoms. The molecule has 3 heterocycles. The first-order valence-corrected chi connectivity index (χ1v) is 11.6. The fourth-order valence-corrected chi connectivity index (χ4v) is 4.66. The maximum Gasteiger partial charge on any atom is 0.274 e. The van der Waals surface area contributed by atoms with Gasteiger partial charge in [-0.05, 0) is 45.2 Å². The summed E-state index contributed by atoms with van der Waals surface area (Å²) in [5, 5.41) is 8.43. The van der Waals surface area contributed by atoms with Crippen LogP contribution in [0.3, 0.4) is 0 Å². The van der Waals surface area contributed by atoms with E-state index in [1.165, 1.54) is 0 Å². The fourth-order valence-electron chi connectivity index (χ4n) is 4.66. The number of hydrogen-bond acceptors (Lipinski definition) is 4. The molecule has 0 saturated heterocycles. The van der Waals surface area contributed by atoms with E-state index in [0.29, 0.717) is 37.5 Å². The molecule has 5 rings (SSSR count). The Labute approximate surface area is 193 Å². The van der Waals surface area contributed by atoms with Crippen LogP contribution in [0.4, 0.5) is 0 Å². The lowest BCUT2D eigenvalue weighted by atomic mass is 10.0. The third kappa shape index (κ3) is 3.82. The van der Waals surface area contributed by atoms with Crippen LogP contribution in [0.1, 0.15) is 64.5 Å². The maximum atomic E-state index is 13.4. The molecular formula is C25H31N5O3. The second kappa shape index (κ2) is 8.02. The summed E-state index contributed by atoms with van der Waals surface area (Å²) in [6.45, 7) is 7.51.